The van der Waals surface area contributed by atoms with E-state index in [2.05, 4.69) is 5.32 Å². The summed E-state index contributed by atoms with van der Waals surface area (Å²) in [7, 11) is 0. The van der Waals surface area contributed by atoms with Crippen molar-refractivity contribution in [1.82, 2.24) is 10.2 Å². The third-order valence-corrected chi connectivity index (χ3v) is 3.70. The molecule has 106 valence electrons. The molecule has 0 bridgehead atoms. The highest BCUT2D eigenvalue weighted by atomic mass is 35.5. The van der Waals surface area contributed by atoms with Crippen LogP contribution < -0.4 is 5.32 Å². The van der Waals surface area contributed by atoms with Crippen LogP contribution in [0.5, 0.6) is 0 Å². The van der Waals surface area contributed by atoms with Crippen LogP contribution in [0, 0.1) is 0 Å². The highest BCUT2D eigenvalue weighted by Gasteiger charge is 2.38. The van der Waals surface area contributed by atoms with Gasteiger partial charge in [0.05, 0.1) is 0 Å². The molecular weight excluding hydrogens is 252 g/mol. The summed E-state index contributed by atoms with van der Waals surface area (Å²) in [6.45, 7) is 8.51. The summed E-state index contributed by atoms with van der Waals surface area (Å²) in [6, 6.07) is 0. The van der Waals surface area contributed by atoms with Gasteiger partial charge in [-0.3, -0.25) is 0 Å². The molecule has 2 heterocycles. The van der Waals surface area contributed by atoms with E-state index in [4.69, 9.17) is 4.74 Å². The number of hydrogen-bond acceptors (Lipinski definition) is 3. The highest BCUT2D eigenvalue weighted by molar-refractivity contribution is 5.85. The molecule has 4 nitrogen and oxygen atoms in total. The van der Waals surface area contributed by atoms with Gasteiger partial charge in [0.2, 0.25) is 0 Å². The van der Waals surface area contributed by atoms with Gasteiger partial charge >= 0.3 is 6.09 Å². The minimum absolute atomic E-state index is 0. The SMILES string of the molecule is CC(C)(C)OC(=O)N1CCC2(CCCN2)CC1.Cl. The molecule has 0 unspecified atom stereocenters. The van der Waals surface area contributed by atoms with Gasteiger partial charge in [-0.25, -0.2) is 4.79 Å². The Kier molecular flexibility index (Phi) is 4.90. The molecule has 2 aliphatic rings. The summed E-state index contributed by atoms with van der Waals surface area (Å²) in [4.78, 5) is 13.7. The van der Waals surface area contributed by atoms with Crippen LogP contribution in [-0.2, 0) is 4.74 Å². The van der Waals surface area contributed by atoms with E-state index < -0.39 is 5.60 Å². The van der Waals surface area contributed by atoms with E-state index in [0.717, 1.165) is 32.5 Å². The van der Waals surface area contributed by atoms with Crippen molar-refractivity contribution in [3.63, 3.8) is 0 Å². The summed E-state index contributed by atoms with van der Waals surface area (Å²) in [5.74, 6) is 0. The molecular formula is C13H25ClN2O2. The fourth-order valence-corrected chi connectivity index (χ4v) is 2.74. The molecule has 0 aromatic carbocycles. The Morgan fingerprint density at radius 3 is 2.28 bits per heavy atom. The normalized spacial score (nSPS) is 22.7. The first-order valence-corrected chi connectivity index (χ1v) is 6.63. The van der Waals surface area contributed by atoms with Crippen LogP contribution in [0.15, 0.2) is 0 Å². The van der Waals surface area contributed by atoms with Crippen molar-refractivity contribution >= 4 is 18.5 Å². The van der Waals surface area contributed by atoms with Crippen LogP contribution in [-0.4, -0.2) is 41.8 Å². The van der Waals surface area contributed by atoms with Crippen molar-refractivity contribution in [3.05, 3.63) is 0 Å². The number of halogens is 1. The maximum Gasteiger partial charge on any atom is 0.410 e. The van der Waals surface area contributed by atoms with E-state index in [9.17, 15) is 4.79 Å². The fourth-order valence-electron chi connectivity index (χ4n) is 2.74. The monoisotopic (exact) mass is 276 g/mol. The van der Waals surface area contributed by atoms with Gasteiger partial charge in [0.25, 0.3) is 0 Å². The number of amides is 1. The molecule has 1 N–H and O–H groups in total. The predicted molar refractivity (Wildman–Crippen MR) is 74.3 cm³/mol. The lowest BCUT2D eigenvalue weighted by atomic mass is 9.86. The predicted octanol–water partition coefficient (Wildman–Crippen LogP) is 2.56. The minimum atomic E-state index is -0.391. The summed E-state index contributed by atoms with van der Waals surface area (Å²) < 4.78 is 5.39. The summed E-state index contributed by atoms with van der Waals surface area (Å²) in [6.07, 6.45) is 4.49. The number of ether oxygens (including phenoxy) is 1. The quantitative estimate of drug-likeness (QED) is 0.739. The number of nitrogens with zero attached hydrogens (tertiary/aromatic N) is 1. The third-order valence-electron chi connectivity index (χ3n) is 3.70. The van der Waals surface area contributed by atoms with E-state index in [0.29, 0.717) is 5.54 Å². The second-order valence-corrected chi connectivity index (χ2v) is 6.28. The zero-order valence-electron chi connectivity index (χ0n) is 11.6. The summed E-state index contributed by atoms with van der Waals surface area (Å²) >= 11 is 0. The van der Waals surface area contributed by atoms with Crippen molar-refractivity contribution in [3.8, 4) is 0 Å². The fraction of sp³-hybridized carbons (Fsp3) is 0.923. The lowest BCUT2D eigenvalue weighted by Gasteiger charge is -2.39. The average molecular weight is 277 g/mol. The first kappa shape index (κ1) is 15.6. The van der Waals surface area contributed by atoms with Gasteiger partial charge in [-0.15, -0.1) is 12.4 Å². The number of rotatable bonds is 0. The number of hydrogen-bond donors (Lipinski definition) is 1. The van der Waals surface area contributed by atoms with Gasteiger partial charge in [-0.05, 0) is 53.0 Å². The van der Waals surface area contributed by atoms with E-state index in [1.807, 2.05) is 25.7 Å². The maximum absolute atomic E-state index is 11.9. The third kappa shape index (κ3) is 3.75. The number of carbonyl (C=O) groups excluding carboxylic acids is 1. The summed E-state index contributed by atoms with van der Waals surface area (Å²) in [5, 5.41) is 3.60. The highest BCUT2D eigenvalue weighted by Crippen LogP contribution is 2.31. The zero-order valence-corrected chi connectivity index (χ0v) is 12.4. The zero-order chi connectivity index (χ0) is 12.5. The van der Waals surface area contributed by atoms with Gasteiger partial charge in [-0.2, -0.15) is 0 Å². The molecule has 0 atom stereocenters. The Labute approximate surface area is 116 Å². The van der Waals surface area contributed by atoms with Crippen molar-refractivity contribution in [2.24, 2.45) is 0 Å². The van der Waals surface area contributed by atoms with Crippen LogP contribution in [0.4, 0.5) is 4.79 Å². The Bertz CT molecular complexity index is 286. The van der Waals surface area contributed by atoms with Gasteiger partial charge in [-0.1, -0.05) is 0 Å². The molecule has 2 fully saturated rings. The lowest BCUT2D eigenvalue weighted by molar-refractivity contribution is 0.0158. The Morgan fingerprint density at radius 2 is 1.83 bits per heavy atom. The standard InChI is InChI=1S/C13H24N2O2.ClH/c1-12(2,3)17-11(16)15-9-6-13(7-10-15)5-4-8-14-13;/h14H,4-10H2,1-3H3;1H. The van der Waals surface area contributed by atoms with E-state index >= 15 is 0 Å². The van der Waals surface area contributed by atoms with Crippen molar-refractivity contribution < 1.29 is 9.53 Å². The molecule has 1 spiro atoms. The average Bonchev–Trinajstić information content (AvgIpc) is 2.65. The van der Waals surface area contributed by atoms with E-state index in [1.165, 1.54) is 12.8 Å². The van der Waals surface area contributed by atoms with E-state index in [1.54, 1.807) is 0 Å². The van der Waals surface area contributed by atoms with Crippen molar-refractivity contribution in [2.45, 2.75) is 57.6 Å². The molecule has 0 aromatic heterocycles. The Hall–Kier alpha value is -0.480. The minimum Gasteiger partial charge on any atom is -0.444 e. The molecule has 0 radical (unpaired) electrons. The second-order valence-electron chi connectivity index (χ2n) is 6.28. The van der Waals surface area contributed by atoms with Gasteiger partial charge in [0, 0.05) is 18.6 Å². The Balaban J connectivity index is 0.00000162. The number of carbonyl (C=O) groups is 1. The molecule has 18 heavy (non-hydrogen) atoms. The van der Waals surface area contributed by atoms with Crippen LogP contribution >= 0.6 is 12.4 Å². The Morgan fingerprint density at radius 1 is 1.22 bits per heavy atom. The van der Waals surface area contributed by atoms with Gasteiger partial charge in [0.1, 0.15) is 5.60 Å². The second kappa shape index (κ2) is 5.66. The van der Waals surface area contributed by atoms with Crippen molar-refractivity contribution in [2.75, 3.05) is 19.6 Å². The molecule has 0 saturated carbocycles. The smallest absolute Gasteiger partial charge is 0.410 e. The molecule has 0 aromatic rings. The molecule has 1 amide bonds. The first-order valence-electron chi connectivity index (χ1n) is 6.63. The number of likely N-dealkylation sites (tertiary alicyclic amines) is 1. The molecule has 2 rings (SSSR count). The van der Waals surface area contributed by atoms with Gasteiger partial charge < -0.3 is 15.0 Å². The van der Waals surface area contributed by atoms with Crippen LogP contribution in [0.3, 0.4) is 0 Å². The van der Waals surface area contributed by atoms with Gasteiger partial charge in [0.15, 0.2) is 0 Å². The van der Waals surface area contributed by atoms with E-state index in [-0.39, 0.29) is 18.5 Å². The number of nitrogens with one attached hydrogen (secondary N) is 1. The topological polar surface area (TPSA) is 41.6 Å². The van der Waals surface area contributed by atoms with Crippen molar-refractivity contribution in [1.29, 1.82) is 0 Å². The maximum atomic E-state index is 11.9. The largest absolute Gasteiger partial charge is 0.444 e. The molecule has 2 aliphatic heterocycles. The lowest BCUT2D eigenvalue weighted by Crippen LogP contribution is -2.52. The molecule has 0 aliphatic carbocycles. The number of piperidine rings is 1. The van der Waals surface area contributed by atoms with Crippen LogP contribution in [0.2, 0.25) is 0 Å². The summed E-state index contributed by atoms with van der Waals surface area (Å²) in [5.41, 5.74) is -0.0731. The molecule has 5 heteroatoms. The first-order chi connectivity index (χ1) is 7.90. The van der Waals surface area contributed by atoms with Crippen LogP contribution in [0.25, 0.3) is 0 Å². The molecule has 2 saturated heterocycles. The van der Waals surface area contributed by atoms with Crippen LogP contribution in [0.1, 0.15) is 46.5 Å².